The van der Waals surface area contributed by atoms with E-state index in [2.05, 4.69) is 25.8 Å². The van der Waals surface area contributed by atoms with Crippen molar-refractivity contribution in [2.45, 2.75) is 34.1 Å². The monoisotopic (exact) mass is 231 g/mol. The fraction of sp³-hybridized carbons (Fsp3) is 0.467. The molecule has 2 heteroatoms. The zero-order valence-corrected chi connectivity index (χ0v) is 11.2. The van der Waals surface area contributed by atoms with Gasteiger partial charge in [0.1, 0.15) is 0 Å². The van der Waals surface area contributed by atoms with Gasteiger partial charge in [-0.15, -0.1) is 0 Å². The number of nitrogens with zero attached hydrogens (tertiary/aromatic N) is 1. The van der Waals surface area contributed by atoms with Crippen LogP contribution in [-0.2, 0) is 0 Å². The van der Waals surface area contributed by atoms with Crippen LogP contribution in [0.1, 0.15) is 50.0 Å². The van der Waals surface area contributed by atoms with E-state index in [1.807, 2.05) is 24.3 Å². The van der Waals surface area contributed by atoms with Gasteiger partial charge in [0.25, 0.3) is 0 Å². The Bertz CT molecular complexity index is 401. The van der Waals surface area contributed by atoms with Crippen LogP contribution in [0.4, 0.5) is 0 Å². The van der Waals surface area contributed by atoms with Crippen molar-refractivity contribution in [2.75, 3.05) is 6.54 Å². The van der Waals surface area contributed by atoms with E-state index in [1.54, 1.807) is 6.92 Å². The smallest absolute Gasteiger partial charge is 0.159 e. The number of carbonyl (C=O) groups is 1. The van der Waals surface area contributed by atoms with Gasteiger partial charge in [-0.2, -0.15) is 0 Å². The third kappa shape index (κ3) is 3.81. The highest BCUT2D eigenvalue weighted by Crippen LogP contribution is 2.12. The number of ketones is 1. The van der Waals surface area contributed by atoms with E-state index in [0.29, 0.717) is 5.92 Å². The minimum Gasteiger partial charge on any atom is -0.295 e. The molecule has 1 aromatic rings. The van der Waals surface area contributed by atoms with E-state index in [4.69, 9.17) is 0 Å². The van der Waals surface area contributed by atoms with Crippen molar-refractivity contribution >= 4 is 11.5 Å². The maximum atomic E-state index is 11.2. The predicted octanol–water partition coefficient (Wildman–Crippen LogP) is 3.74. The van der Waals surface area contributed by atoms with Crippen molar-refractivity contribution in [3.63, 3.8) is 0 Å². The molecule has 0 N–H and O–H groups in total. The van der Waals surface area contributed by atoms with Crippen LogP contribution in [0.3, 0.4) is 0 Å². The molecule has 0 aliphatic heterocycles. The molecule has 0 amide bonds. The largest absolute Gasteiger partial charge is 0.295 e. The normalized spacial score (nSPS) is 11.9. The third-order valence-corrected chi connectivity index (χ3v) is 2.64. The average Bonchev–Trinajstić information content (AvgIpc) is 2.29. The number of carbonyl (C=O) groups excluding carboxylic acids is 1. The lowest BCUT2D eigenvalue weighted by molar-refractivity contribution is 0.101. The summed E-state index contributed by atoms with van der Waals surface area (Å²) in [5.74, 6) is 0.512. The van der Waals surface area contributed by atoms with Gasteiger partial charge in [0.2, 0.25) is 0 Å². The number of hydrogen-bond donors (Lipinski definition) is 0. The molecule has 0 saturated heterocycles. The lowest BCUT2D eigenvalue weighted by Crippen LogP contribution is -2.10. The van der Waals surface area contributed by atoms with Crippen molar-refractivity contribution in [2.24, 2.45) is 10.9 Å². The highest BCUT2D eigenvalue weighted by molar-refractivity contribution is 6.03. The number of benzene rings is 1. The molecule has 0 fully saturated rings. The molecule has 0 saturated carbocycles. The lowest BCUT2D eigenvalue weighted by Gasteiger charge is -2.11. The molecule has 0 aromatic heterocycles. The summed E-state index contributed by atoms with van der Waals surface area (Å²) in [5.41, 5.74) is 3.01. The molecule has 0 aliphatic carbocycles. The average molecular weight is 231 g/mol. The van der Waals surface area contributed by atoms with E-state index >= 15 is 0 Å². The fourth-order valence-corrected chi connectivity index (χ4v) is 1.72. The van der Waals surface area contributed by atoms with Gasteiger partial charge in [-0.25, -0.2) is 0 Å². The molecule has 0 radical (unpaired) electrons. The zero-order valence-electron chi connectivity index (χ0n) is 11.2. The van der Waals surface area contributed by atoms with Gasteiger partial charge in [0.15, 0.2) is 5.78 Å². The van der Waals surface area contributed by atoms with Crippen LogP contribution in [0.15, 0.2) is 29.3 Å². The van der Waals surface area contributed by atoms with E-state index in [-0.39, 0.29) is 5.78 Å². The molecule has 17 heavy (non-hydrogen) atoms. The highest BCUT2D eigenvalue weighted by Gasteiger charge is 2.08. The van der Waals surface area contributed by atoms with Gasteiger partial charge in [0, 0.05) is 17.8 Å². The fourth-order valence-electron chi connectivity index (χ4n) is 1.72. The standard InChI is InChI=1S/C15H21NO/c1-5-10-16-15(11(2)3)14-8-6-13(7-9-14)12(4)17/h6-9,11H,5,10H2,1-4H3. The minimum atomic E-state index is 0.105. The van der Waals surface area contributed by atoms with Crippen molar-refractivity contribution in [3.8, 4) is 0 Å². The molecule has 1 rings (SSSR count). The van der Waals surface area contributed by atoms with E-state index in [1.165, 1.54) is 0 Å². The third-order valence-electron chi connectivity index (χ3n) is 2.64. The topological polar surface area (TPSA) is 29.4 Å². The molecule has 2 nitrogen and oxygen atoms in total. The van der Waals surface area contributed by atoms with Crippen molar-refractivity contribution in [1.82, 2.24) is 0 Å². The predicted molar refractivity (Wildman–Crippen MR) is 73.0 cm³/mol. The summed E-state index contributed by atoms with van der Waals surface area (Å²) < 4.78 is 0. The number of aliphatic imine (C=N–C) groups is 1. The van der Waals surface area contributed by atoms with E-state index in [0.717, 1.165) is 29.8 Å². The quantitative estimate of drug-likeness (QED) is 0.560. The van der Waals surface area contributed by atoms with Gasteiger partial charge in [0.05, 0.1) is 0 Å². The van der Waals surface area contributed by atoms with Gasteiger partial charge < -0.3 is 0 Å². The first-order chi connectivity index (χ1) is 8.06. The summed E-state index contributed by atoms with van der Waals surface area (Å²) >= 11 is 0. The van der Waals surface area contributed by atoms with Gasteiger partial charge in [-0.05, 0) is 24.8 Å². The first kappa shape index (κ1) is 13.6. The second-order valence-corrected chi connectivity index (χ2v) is 4.56. The number of Topliss-reactive ketones (excluding diaryl/α,β-unsaturated/α-hetero) is 1. The van der Waals surface area contributed by atoms with Crippen LogP contribution in [-0.4, -0.2) is 18.0 Å². The van der Waals surface area contributed by atoms with Gasteiger partial charge in [-0.3, -0.25) is 9.79 Å². The molecule has 0 aliphatic rings. The number of hydrogen-bond acceptors (Lipinski definition) is 2. The summed E-state index contributed by atoms with van der Waals surface area (Å²) in [6.45, 7) is 8.87. The lowest BCUT2D eigenvalue weighted by atomic mass is 9.98. The summed E-state index contributed by atoms with van der Waals surface area (Å²) in [6.07, 6.45) is 1.06. The highest BCUT2D eigenvalue weighted by atomic mass is 16.1. The van der Waals surface area contributed by atoms with Crippen LogP contribution in [0.25, 0.3) is 0 Å². The molecular weight excluding hydrogens is 210 g/mol. The molecule has 0 spiro atoms. The Kier molecular flexibility index (Phi) is 5.08. The summed E-state index contributed by atoms with van der Waals surface area (Å²) in [5, 5.41) is 0. The molecular formula is C15H21NO. The molecule has 0 heterocycles. The van der Waals surface area contributed by atoms with Crippen LogP contribution in [0, 0.1) is 5.92 Å². The van der Waals surface area contributed by atoms with Crippen molar-refractivity contribution < 1.29 is 4.79 Å². The van der Waals surface area contributed by atoms with Crippen LogP contribution >= 0.6 is 0 Å². The SMILES string of the molecule is CCCN=C(c1ccc(C(C)=O)cc1)C(C)C. The molecule has 0 unspecified atom stereocenters. The summed E-state index contributed by atoms with van der Waals surface area (Å²) in [7, 11) is 0. The van der Waals surface area contributed by atoms with E-state index in [9.17, 15) is 4.79 Å². The summed E-state index contributed by atoms with van der Waals surface area (Å²) in [6, 6.07) is 7.74. The summed E-state index contributed by atoms with van der Waals surface area (Å²) in [4.78, 5) is 15.8. The molecule has 0 atom stereocenters. The van der Waals surface area contributed by atoms with Crippen LogP contribution in [0.2, 0.25) is 0 Å². The van der Waals surface area contributed by atoms with Gasteiger partial charge >= 0.3 is 0 Å². The van der Waals surface area contributed by atoms with Gasteiger partial charge in [-0.1, -0.05) is 45.0 Å². The van der Waals surface area contributed by atoms with Crippen LogP contribution < -0.4 is 0 Å². The van der Waals surface area contributed by atoms with Crippen molar-refractivity contribution in [1.29, 1.82) is 0 Å². The van der Waals surface area contributed by atoms with E-state index < -0.39 is 0 Å². The second kappa shape index (κ2) is 6.33. The molecule has 1 aromatic carbocycles. The maximum absolute atomic E-state index is 11.2. The Hall–Kier alpha value is -1.44. The first-order valence-electron chi connectivity index (χ1n) is 6.22. The Morgan fingerprint density at radius 2 is 1.71 bits per heavy atom. The first-order valence-corrected chi connectivity index (χ1v) is 6.22. The Balaban J connectivity index is 2.99. The van der Waals surface area contributed by atoms with Crippen molar-refractivity contribution in [3.05, 3.63) is 35.4 Å². The zero-order chi connectivity index (χ0) is 12.8. The minimum absolute atomic E-state index is 0.105. The molecule has 92 valence electrons. The Morgan fingerprint density at radius 1 is 1.18 bits per heavy atom. The molecule has 0 bridgehead atoms. The number of rotatable bonds is 5. The van der Waals surface area contributed by atoms with Crippen LogP contribution in [0.5, 0.6) is 0 Å². The Labute approximate surface area is 104 Å². The maximum Gasteiger partial charge on any atom is 0.159 e. The Morgan fingerprint density at radius 3 is 2.12 bits per heavy atom. The second-order valence-electron chi connectivity index (χ2n) is 4.56.